The molecule has 2 aliphatic rings. The van der Waals surface area contributed by atoms with Crippen molar-refractivity contribution in [2.75, 3.05) is 0 Å². The van der Waals surface area contributed by atoms with Crippen LogP contribution >= 0.6 is 0 Å². The molecule has 0 unspecified atom stereocenters. The van der Waals surface area contributed by atoms with E-state index < -0.39 is 11.6 Å². The van der Waals surface area contributed by atoms with Gasteiger partial charge in [0.2, 0.25) is 0 Å². The normalized spacial score (nSPS) is 21.5. The summed E-state index contributed by atoms with van der Waals surface area (Å²) in [6.45, 7) is 1.91. The number of fused-ring (bicyclic) bond motifs is 1. The summed E-state index contributed by atoms with van der Waals surface area (Å²) in [4.78, 5) is 26.8. The largest absolute Gasteiger partial charge is 0.325 e. The van der Waals surface area contributed by atoms with Gasteiger partial charge in [0.15, 0.2) is 0 Å². The molecule has 1 atom stereocenters. The third-order valence-corrected chi connectivity index (χ3v) is 5.35. The average Bonchev–Trinajstić information content (AvgIpc) is 3.20. The van der Waals surface area contributed by atoms with E-state index in [2.05, 4.69) is 23.5 Å². The van der Waals surface area contributed by atoms with Crippen molar-refractivity contribution in [2.45, 2.75) is 38.3 Å². The van der Waals surface area contributed by atoms with Gasteiger partial charge >= 0.3 is 6.03 Å². The van der Waals surface area contributed by atoms with Gasteiger partial charge < -0.3 is 5.32 Å². The molecule has 1 aliphatic heterocycles. The topological polar surface area (TPSA) is 73.2 Å². The van der Waals surface area contributed by atoms with Gasteiger partial charge in [-0.15, -0.1) is 0 Å². The molecule has 0 spiro atoms. The first-order valence-electron chi connectivity index (χ1n) is 8.77. The van der Waals surface area contributed by atoms with Crippen LogP contribution in [0.3, 0.4) is 0 Å². The second kappa shape index (κ2) is 5.99. The van der Waals surface area contributed by atoms with Crippen molar-refractivity contribution in [3.63, 3.8) is 0 Å². The molecule has 5 nitrogen and oxygen atoms in total. The van der Waals surface area contributed by atoms with Crippen molar-refractivity contribution in [1.82, 2.24) is 10.2 Å². The quantitative estimate of drug-likeness (QED) is 0.869. The first-order valence-corrected chi connectivity index (χ1v) is 8.77. The second-order valence-electron chi connectivity index (χ2n) is 7.10. The van der Waals surface area contributed by atoms with E-state index in [1.165, 1.54) is 16.0 Å². The van der Waals surface area contributed by atoms with Crippen LogP contribution in [0.5, 0.6) is 0 Å². The molecule has 4 rings (SSSR count). The molecule has 0 radical (unpaired) electrons. The Morgan fingerprint density at radius 2 is 1.96 bits per heavy atom. The lowest BCUT2D eigenvalue weighted by molar-refractivity contribution is -0.131. The van der Waals surface area contributed by atoms with E-state index in [1.807, 2.05) is 12.1 Å². The van der Waals surface area contributed by atoms with Gasteiger partial charge in [0.25, 0.3) is 5.91 Å². The van der Waals surface area contributed by atoms with Crippen LogP contribution in [0, 0.1) is 11.3 Å². The van der Waals surface area contributed by atoms with Gasteiger partial charge in [-0.05, 0) is 60.6 Å². The molecule has 1 aliphatic carbocycles. The molecule has 0 aromatic heterocycles. The monoisotopic (exact) mass is 345 g/mol. The predicted octanol–water partition coefficient (Wildman–Crippen LogP) is 3.01. The number of urea groups is 1. The Balaban J connectivity index is 1.63. The van der Waals surface area contributed by atoms with Gasteiger partial charge in [-0.2, -0.15) is 5.26 Å². The number of carbonyl (C=O) groups excluding carboxylic acids is 2. The summed E-state index contributed by atoms with van der Waals surface area (Å²) in [6.07, 6.45) is 3.23. The number of nitrogens with one attached hydrogen (secondary N) is 1. The highest BCUT2D eigenvalue weighted by atomic mass is 16.2. The van der Waals surface area contributed by atoms with Crippen molar-refractivity contribution < 1.29 is 9.59 Å². The molecule has 3 amide bonds. The Morgan fingerprint density at radius 1 is 1.15 bits per heavy atom. The SMILES string of the molecule is C[C@@]1(c2ccc3c(c2)CCC3)NC(=O)N(Cc2cccc(C#N)c2)C1=O. The maximum Gasteiger partial charge on any atom is 0.325 e. The number of nitrogens with zero attached hydrogens (tertiary/aromatic N) is 2. The summed E-state index contributed by atoms with van der Waals surface area (Å²) < 4.78 is 0. The number of hydrogen-bond donors (Lipinski definition) is 1. The lowest BCUT2D eigenvalue weighted by Gasteiger charge is -2.23. The fourth-order valence-electron chi connectivity index (χ4n) is 3.84. The third-order valence-electron chi connectivity index (χ3n) is 5.35. The van der Waals surface area contributed by atoms with E-state index in [0.29, 0.717) is 5.56 Å². The summed E-state index contributed by atoms with van der Waals surface area (Å²) in [5.41, 5.74) is 3.64. The summed E-state index contributed by atoms with van der Waals surface area (Å²) in [6, 6.07) is 14.7. The van der Waals surface area contributed by atoms with Gasteiger partial charge in [0.05, 0.1) is 18.2 Å². The first-order chi connectivity index (χ1) is 12.5. The zero-order chi connectivity index (χ0) is 18.3. The van der Waals surface area contributed by atoms with E-state index in [4.69, 9.17) is 5.26 Å². The molecule has 1 fully saturated rings. The van der Waals surface area contributed by atoms with Crippen molar-refractivity contribution in [3.05, 3.63) is 70.3 Å². The number of benzene rings is 2. The van der Waals surface area contributed by atoms with Gasteiger partial charge in [0.1, 0.15) is 5.54 Å². The lowest BCUT2D eigenvalue weighted by atomic mass is 9.89. The number of rotatable bonds is 3. The zero-order valence-corrected chi connectivity index (χ0v) is 14.6. The van der Waals surface area contributed by atoms with Crippen molar-refractivity contribution in [3.8, 4) is 6.07 Å². The fourth-order valence-corrected chi connectivity index (χ4v) is 3.84. The number of imide groups is 1. The van der Waals surface area contributed by atoms with Crippen LogP contribution in [0.4, 0.5) is 4.79 Å². The van der Waals surface area contributed by atoms with Crippen LogP contribution in [0.1, 0.15) is 41.2 Å². The maximum atomic E-state index is 13.1. The Bertz CT molecular complexity index is 960. The summed E-state index contributed by atoms with van der Waals surface area (Å²) in [7, 11) is 0. The zero-order valence-electron chi connectivity index (χ0n) is 14.6. The predicted molar refractivity (Wildman–Crippen MR) is 96.1 cm³/mol. The smallest absolute Gasteiger partial charge is 0.319 e. The molecule has 1 N–H and O–H groups in total. The second-order valence-corrected chi connectivity index (χ2v) is 7.10. The van der Waals surface area contributed by atoms with Crippen LogP contribution in [-0.4, -0.2) is 16.8 Å². The molecule has 5 heteroatoms. The van der Waals surface area contributed by atoms with E-state index >= 15 is 0 Å². The highest BCUT2D eigenvalue weighted by Gasteiger charge is 2.49. The molecular weight excluding hydrogens is 326 g/mol. The molecule has 26 heavy (non-hydrogen) atoms. The standard InChI is InChI=1S/C21H19N3O2/c1-21(18-9-8-16-6-3-7-17(16)11-18)19(25)24(20(26)23-21)13-15-5-2-4-14(10-15)12-22/h2,4-5,8-11H,3,6-7,13H2,1H3,(H,23,26)/t21-/m0/s1. The minimum atomic E-state index is -1.05. The van der Waals surface area contributed by atoms with Crippen LogP contribution < -0.4 is 5.32 Å². The van der Waals surface area contributed by atoms with E-state index in [0.717, 1.165) is 30.4 Å². The molecule has 1 heterocycles. The van der Waals surface area contributed by atoms with Gasteiger partial charge in [0, 0.05) is 0 Å². The van der Waals surface area contributed by atoms with E-state index in [-0.39, 0.29) is 12.5 Å². The Hall–Kier alpha value is -3.13. The lowest BCUT2D eigenvalue weighted by Crippen LogP contribution is -2.40. The minimum Gasteiger partial charge on any atom is -0.319 e. The molecule has 2 aromatic rings. The van der Waals surface area contributed by atoms with E-state index in [1.54, 1.807) is 25.1 Å². The molecule has 130 valence electrons. The van der Waals surface area contributed by atoms with Crippen LogP contribution in [0.2, 0.25) is 0 Å². The number of carbonyl (C=O) groups is 2. The van der Waals surface area contributed by atoms with Crippen LogP contribution in [-0.2, 0) is 29.7 Å². The minimum absolute atomic E-state index is 0.153. The number of nitriles is 1. The number of aryl methyl sites for hydroxylation is 2. The molecule has 0 saturated carbocycles. The average molecular weight is 345 g/mol. The van der Waals surface area contributed by atoms with Gasteiger partial charge in [-0.3, -0.25) is 9.69 Å². The number of hydrogen-bond acceptors (Lipinski definition) is 3. The molecule has 1 saturated heterocycles. The summed E-state index contributed by atoms with van der Waals surface area (Å²) in [5, 5.41) is 11.9. The van der Waals surface area contributed by atoms with Gasteiger partial charge in [-0.1, -0.05) is 30.3 Å². The Morgan fingerprint density at radius 3 is 2.77 bits per heavy atom. The van der Waals surface area contributed by atoms with E-state index in [9.17, 15) is 9.59 Å². The third kappa shape index (κ3) is 2.55. The Labute approximate surface area is 152 Å². The van der Waals surface area contributed by atoms with Gasteiger partial charge in [-0.25, -0.2) is 4.79 Å². The summed E-state index contributed by atoms with van der Waals surface area (Å²) >= 11 is 0. The molecule has 0 bridgehead atoms. The summed E-state index contributed by atoms with van der Waals surface area (Å²) in [5.74, 6) is -0.261. The van der Waals surface area contributed by atoms with Crippen molar-refractivity contribution in [2.24, 2.45) is 0 Å². The maximum absolute atomic E-state index is 13.1. The first kappa shape index (κ1) is 16.3. The fraction of sp³-hybridized carbons (Fsp3) is 0.286. The highest BCUT2D eigenvalue weighted by Crippen LogP contribution is 2.33. The number of amides is 3. The van der Waals surface area contributed by atoms with Crippen molar-refractivity contribution in [1.29, 1.82) is 5.26 Å². The molecule has 2 aromatic carbocycles. The molecular formula is C21H19N3O2. The van der Waals surface area contributed by atoms with Crippen molar-refractivity contribution >= 4 is 11.9 Å². The van der Waals surface area contributed by atoms with Crippen LogP contribution in [0.25, 0.3) is 0 Å². The highest BCUT2D eigenvalue weighted by molar-refractivity contribution is 6.07. The van der Waals surface area contributed by atoms with Crippen LogP contribution in [0.15, 0.2) is 42.5 Å². The Kier molecular flexibility index (Phi) is 3.77.